The minimum atomic E-state index is -1.17. The Hall–Kier alpha value is -1.69. The lowest BCUT2D eigenvalue weighted by Gasteiger charge is -2.28. The molecule has 0 aliphatic carbocycles. The fourth-order valence-electron chi connectivity index (χ4n) is 2.49. The molecular formula is C14H20FN3O2. The van der Waals surface area contributed by atoms with E-state index < -0.39 is 11.8 Å². The number of nitrogens with one attached hydrogen (secondary N) is 1. The van der Waals surface area contributed by atoms with Crippen LogP contribution in [0.25, 0.3) is 0 Å². The number of carboxylic acids is 1. The summed E-state index contributed by atoms with van der Waals surface area (Å²) in [7, 11) is 2.12. The smallest absolute Gasteiger partial charge is 0.339 e. The van der Waals surface area contributed by atoms with Gasteiger partial charge in [0.15, 0.2) is 0 Å². The molecule has 0 unspecified atom stereocenters. The molecular weight excluding hydrogens is 261 g/mol. The molecule has 5 nitrogen and oxygen atoms in total. The van der Waals surface area contributed by atoms with Gasteiger partial charge in [-0.2, -0.15) is 0 Å². The number of aromatic nitrogens is 1. The minimum Gasteiger partial charge on any atom is -0.478 e. The van der Waals surface area contributed by atoms with Gasteiger partial charge in [0.2, 0.25) is 0 Å². The van der Waals surface area contributed by atoms with Crippen LogP contribution >= 0.6 is 0 Å². The molecule has 2 heterocycles. The van der Waals surface area contributed by atoms with Gasteiger partial charge in [0, 0.05) is 6.54 Å². The molecule has 1 aliphatic rings. The molecule has 0 radical (unpaired) electrons. The summed E-state index contributed by atoms with van der Waals surface area (Å²) in [6, 6.07) is 0.993. The number of rotatable bonds is 5. The first-order chi connectivity index (χ1) is 9.56. The summed E-state index contributed by atoms with van der Waals surface area (Å²) in [6.07, 6.45) is 4.35. The highest BCUT2D eigenvalue weighted by Gasteiger charge is 2.17. The molecule has 0 spiro atoms. The van der Waals surface area contributed by atoms with Crippen molar-refractivity contribution in [2.75, 3.05) is 32.0 Å². The minimum absolute atomic E-state index is 0.117. The zero-order chi connectivity index (χ0) is 14.5. The van der Waals surface area contributed by atoms with Crippen molar-refractivity contribution in [2.24, 2.45) is 5.92 Å². The molecule has 0 aromatic carbocycles. The van der Waals surface area contributed by atoms with Gasteiger partial charge in [0.1, 0.15) is 17.2 Å². The molecule has 0 saturated carbocycles. The Morgan fingerprint density at radius 3 is 2.90 bits per heavy atom. The van der Waals surface area contributed by atoms with Crippen molar-refractivity contribution in [3.63, 3.8) is 0 Å². The zero-order valence-electron chi connectivity index (χ0n) is 11.6. The number of pyridine rings is 1. The fourth-order valence-corrected chi connectivity index (χ4v) is 2.49. The third-order valence-electron chi connectivity index (χ3n) is 3.77. The lowest BCUT2D eigenvalue weighted by atomic mass is 9.94. The van der Waals surface area contributed by atoms with Crippen molar-refractivity contribution in [1.29, 1.82) is 0 Å². The summed E-state index contributed by atoms with van der Waals surface area (Å²) in [4.78, 5) is 17.2. The molecule has 1 aliphatic heterocycles. The second-order valence-electron chi connectivity index (χ2n) is 5.32. The Morgan fingerprint density at radius 1 is 1.55 bits per heavy atom. The maximum Gasteiger partial charge on any atom is 0.339 e. The van der Waals surface area contributed by atoms with Crippen molar-refractivity contribution in [3.8, 4) is 0 Å². The Balaban J connectivity index is 1.86. The molecule has 1 saturated heterocycles. The maximum atomic E-state index is 13.0. The average molecular weight is 281 g/mol. The lowest BCUT2D eigenvalue weighted by molar-refractivity contribution is 0.0697. The van der Waals surface area contributed by atoms with Crippen LogP contribution in [0.15, 0.2) is 12.3 Å². The van der Waals surface area contributed by atoms with Gasteiger partial charge in [0.05, 0.1) is 6.20 Å². The monoisotopic (exact) mass is 281 g/mol. The van der Waals surface area contributed by atoms with Gasteiger partial charge in [0.25, 0.3) is 0 Å². The maximum absolute atomic E-state index is 13.0. The molecule has 0 amide bonds. The van der Waals surface area contributed by atoms with Gasteiger partial charge in [-0.1, -0.05) is 0 Å². The van der Waals surface area contributed by atoms with E-state index in [0.29, 0.717) is 12.5 Å². The predicted molar refractivity (Wildman–Crippen MR) is 74.5 cm³/mol. The molecule has 1 aromatic rings. The number of nitrogens with zero attached hydrogens (tertiary/aromatic N) is 2. The van der Waals surface area contributed by atoms with Gasteiger partial charge in [-0.25, -0.2) is 14.2 Å². The number of carbonyl (C=O) groups is 1. The summed E-state index contributed by atoms with van der Waals surface area (Å²) in [6.45, 7) is 2.88. The van der Waals surface area contributed by atoms with E-state index in [-0.39, 0.29) is 11.4 Å². The van der Waals surface area contributed by atoms with E-state index in [1.165, 1.54) is 12.8 Å². The van der Waals surface area contributed by atoms with Crippen LogP contribution in [0.2, 0.25) is 0 Å². The fraction of sp³-hybridized carbons (Fsp3) is 0.571. The van der Waals surface area contributed by atoms with Gasteiger partial charge < -0.3 is 15.3 Å². The Bertz CT molecular complexity index is 473. The highest BCUT2D eigenvalue weighted by atomic mass is 19.1. The number of hydrogen-bond acceptors (Lipinski definition) is 4. The van der Waals surface area contributed by atoms with E-state index >= 15 is 0 Å². The molecule has 1 fully saturated rings. The van der Waals surface area contributed by atoms with Gasteiger partial charge in [-0.3, -0.25) is 0 Å². The molecule has 0 bridgehead atoms. The number of hydrogen-bond donors (Lipinski definition) is 2. The first-order valence-corrected chi connectivity index (χ1v) is 6.87. The van der Waals surface area contributed by atoms with E-state index in [2.05, 4.69) is 22.2 Å². The highest BCUT2D eigenvalue weighted by Crippen LogP contribution is 2.20. The largest absolute Gasteiger partial charge is 0.478 e. The molecule has 1 aromatic heterocycles. The third kappa shape index (κ3) is 3.90. The lowest BCUT2D eigenvalue weighted by Crippen LogP contribution is -2.31. The summed E-state index contributed by atoms with van der Waals surface area (Å²) in [5.74, 6) is -0.902. The second-order valence-corrected chi connectivity index (χ2v) is 5.32. The van der Waals surface area contributed by atoms with Crippen molar-refractivity contribution in [3.05, 3.63) is 23.6 Å². The molecule has 6 heteroatoms. The van der Waals surface area contributed by atoms with Crippen molar-refractivity contribution >= 4 is 11.8 Å². The molecule has 2 N–H and O–H groups in total. The summed E-state index contributed by atoms with van der Waals surface area (Å²) in [5, 5.41) is 12.0. The predicted octanol–water partition coefficient (Wildman–Crippen LogP) is 2.06. The summed E-state index contributed by atoms with van der Waals surface area (Å²) >= 11 is 0. The van der Waals surface area contributed by atoms with E-state index in [4.69, 9.17) is 5.11 Å². The van der Waals surface area contributed by atoms with Crippen LogP contribution in [-0.2, 0) is 0 Å². The van der Waals surface area contributed by atoms with Crippen LogP contribution in [0.5, 0.6) is 0 Å². The first-order valence-electron chi connectivity index (χ1n) is 6.87. The first kappa shape index (κ1) is 14.7. The van der Waals surface area contributed by atoms with Crippen LogP contribution in [0, 0.1) is 11.7 Å². The summed E-state index contributed by atoms with van der Waals surface area (Å²) < 4.78 is 13.0. The summed E-state index contributed by atoms with van der Waals surface area (Å²) in [5.41, 5.74) is -0.117. The van der Waals surface area contributed by atoms with Crippen LogP contribution in [0.4, 0.5) is 10.2 Å². The van der Waals surface area contributed by atoms with Crippen LogP contribution in [0.3, 0.4) is 0 Å². The Kier molecular flexibility index (Phi) is 4.89. The number of likely N-dealkylation sites (tertiary alicyclic amines) is 1. The van der Waals surface area contributed by atoms with E-state index in [1.54, 1.807) is 0 Å². The van der Waals surface area contributed by atoms with Crippen molar-refractivity contribution < 1.29 is 14.3 Å². The Labute approximate surface area is 117 Å². The molecule has 2 rings (SSSR count). The SMILES string of the molecule is CN1CCC(CCNc2ncc(F)cc2C(=O)O)CC1. The van der Waals surface area contributed by atoms with Crippen molar-refractivity contribution in [2.45, 2.75) is 19.3 Å². The van der Waals surface area contributed by atoms with E-state index in [1.807, 2.05) is 0 Å². The standard InChI is InChI=1S/C14H20FN3O2/c1-18-6-3-10(4-7-18)2-5-16-13-12(14(19)20)8-11(15)9-17-13/h8-10H,2-7H2,1H3,(H,16,17)(H,19,20). The van der Waals surface area contributed by atoms with Crippen LogP contribution in [-0.4, -0.2) is 47.6 Å². The van der Waals surface area contributed by atoms with Gasteiger partial charge in [-0.05, 0) is 51.4 Å². The van der Waals surface area contributed by atoms with Crippen molar-refractivity contribution in [1.82, 2.24) is 9.88 Å². The highest BCUT2D eigenvalue weighted by molar-refractivity contribution is 5.93. The molecule has 110 valence electrons. The number of halogens is 1. The second kappa shape index (κ2) is 6.65. The molecule has 20 heavy (non-hydrogen) atoms. The van der Waals surface area contributed by atoms with Crippen LogP contribution < -0.4 is 5.32 Å². The normalized spacial score (nSPS) is 17.1. The van der Waals surface area contributed by atoms with Gasteiger partial charge in [-0.15, -0.1) is 0 Å². The zero-order valence-corrected chi connectivity index (χ0v) is 11.6. The number of aromatic carboxylic acids is 1. The number of anilines is 1. The number of carboxylic acid groups (broad SMARTS) is 1. The van der Waals surface area contributed by atoms with Gasteiger partial charge >= 0.3 is 5.97 Å². The Morgan fingerprint density at radius 2 is 2.25 bits per heavy atom. The number of piperidine rings is 1. The van der Waals surface area contributed by atoms with Crippen LogP contribution in [0.1, 0.15) is 29.6 Å². The average Bonchev–Trinajstić information content (AvgIpc) is 2.42. The van der Waals surface area contributed by atoms with E-state index in [9.17, 15) is 9.18 Å². The quantitative estimate of drug-likeness (QED) is 0.865. The molecule has 0 atom stereocenters. The third-order valence-corrected chi connectivity index (χ3v) is 3.77. The topological polar surface area (TPSA) is 65.5 Å². The van der Waals surface area contributed by atoms with E-state index in [0.717, 1.165) is 31.8 Å².